The third-order valence-corrected chi connectivity index (χ3v) is 1.58. The van der Waals surface area contributed by atoms with Crippen LogP contribution in [0.15, 0.2) is 12.2 Å². The number of carbonyl (C=O) groups is 1. The van der Waals surface area contributed by atoms with Crippen molar-refractivity contribution in [2.45, 2.75) is 33.2 Å². The van der Waals surface area contributed by atoms with E-state index in [4.69, 9.17) is 0 Å². The number of nitrogens with one attached hydrogen (secondary N) is 2. The molecule has 0 spiro atoms. The highest BCUT2D eigenvalue weighted by molar-refractivity contribution is 5.91. The van der Waals surface area contributed by atoms with Gasteiger partial charge < -0.3 is 10.6 Å². The van der Waals surface area contributed by atoms with Crippen LogP contribution in [0.5, 0.6) is 0 Å². The van der Waals surface area contributed by atoms with Crippen molar-refractivity contribution in [3.63, 3.8) is 0 Å². The molecule has 84 valence electrons. The molecule has 4 heteroatoms. The topological polar surface area (TPSA) is 41.1 Å². The van der Waals surface area contributed by atoms with Crippen LogP contribution < -0.4 is 10.6 Å². The van der Waals surface area contributed by atoms with Gasteiger partial charge >= 0.3 is 0 Å². The van der Waals surface area contributed by atoms with Crippen LogP contribution in [0.25, 0.3) is 0 Å². The van der Waals surface area contributed by atoms with E-state index in [1.165, 1.54) is 0 Å². The summed E-state index contributed by atoms with van der Waals surface area (Å²) in [4.78, 5) is 11.0. The van der Waals surface area contributed by atoms with Gasteiger partial charge in [-0.15, -0.1) is 12.4 Å². The molecular formula is C10H21ClN2O. The third kappa shape index (κ3) is 9.55. The molecule has 0 aromatic heterocycles. The fourth-order valence-corrected chi connectivity index (χ4v) is 0.832. The van der Waals surface area contributed by atoms with Crippen LogP contribution in [-0.2, 0) is 4.79 Å². The molecule has 14 heavy (non-hydrogen) atoms. The normalized spacial score (nSPS) is 9.43. The second-order valence-electron chi connectivity index (χ2n) is 3.50. The maximum Gasteiger partial charge on any atom is 0.246 e. The van der Waals surface area contributed by atoms with Gasteiger partial charge in [-0.1, -0.05) is 20.4 Å². The molecule has 0 aromatic rings. The predicted molar refractivity (Wildman–Crippen MR) is 62.8 cm³/mol. The van der Waals surface area contributed by atoms with Crippen LogP contribution in [0.3, 0.4) is 0 Å². The predicted octanol–water partition coefficient (Wildman–Crippen LogP) is 1.49. The second kappa shape index (κ2) is 9.03. The minimum Gasteiger partial charge on any atom is -0.352 e. The Morgan fingerprint density at radius 2 is 1.93 bits per heavy atom. The smallest absolute Gasteiger partial charge is 0.246 e. The van der Waals surface area contributed by atoms with E-state index >= 15 is 0 Å². The average molecular weight is 221 g/mol. The van der Waals surface area contributed by atoms with Crippen LogP contribution >= 0.6 is 12.4 Å². The van der Waals surface area contributed by atoms with Crippen molar-refractivity contribution in [1.29, 1.82) is 0 Å². The van der Waals surface area contributed by atoms with Gasteiger partial charge in [0.2, 0.25) is 5.91 Å². The molecule has 0 aromatic carbocycles. The standard InChI is InChI=1S/C10H20N2O.ClH/c1-8(2)10(13)12-7-5-6-11-9(3)4;/h9,11H,1,5-7H2,2-4H3,(H,12,13);1H. The number of halogens is 1. The summed E-state index contributed by atoms with van der Waals surface area (Å²) >= 11 is 0. The Bertz CT molecular complexity index is 181. The Morgan fingerprint density at radius 3 is 2.36 bits per heavy atom. The summed E-state index contributed by atoms with van der Waals surface area (Å²) in [5, 5.41) is 6.05. The van der Waals surface area contributed by atoms with Crippen molar-refractivity contribution < 1.29 is 4.79 Å². The van der Waals surface area contributed by atoms with Crippen LogP contribution in [0, 0.1) is 0 Å². The lowest BCUT2D eigenvalue weighted by molar-refractivity contribution is -0.117. The van der Waals surface area contributed by atoms with Gasteiger partial charge in [0, 0.05) is 18.2 Å². The van der Waals surface area contributed by atoms with E-state index < -0.39 is 0 Å². The van der Waals surface area contributed by atoms with E-state index in [0.29, 0.717) is 18.2 Å². The molecule has 0 heterocycles. The van der Waals surface area contributed by atoms with Crippen LogP contribution in [0.1, 0.15) is 27.2 Å². The minimum atomic E-state index is -0.0513. The van der Waals surface area contributed by atoms with Crippen molar-refractivity contribution >= 4 is 18.3 Å². The number of hydrogen-bond acceptors (Lipinski definition) is 2. The lowest BCUT2D eigenvalue weighted by Gasteiger charge is -2.08. The Balaban J connectivity index is 0. The maximum atomic E-state index is 11.0. The van der Waals surface area contributed by atoms with E-state index in [2.05, 4.69) is 31.1 Å². The van der Waals surface area contributed by atoms with Crippen molar-refractivity contribution in [2.24, 2.45) is 0 Å². The van der Waals surface area contributed by atoms with Gasteiger partial charge in [-0.05, 0) is 19.9 Å². The number of rotatable bonds is 6. The highest BCUT2D eigenvalue weighted by atomic mass is 35.5. The quantitative estimate of drug-likeness (QED) is 0.526. The van der Waals surface area contributed by atoms with Gasteiger partial charge in [0.15, 0.2) is 0 Å². The summed E-state index contributed by atoms with van der Waals surface area (Å²) in [5.41, 5.74) is 0.566. The van der Waals surface area contributed by atoms with Crippen LogP contribution in [0.4, 0.5) is 0 Å². The zero-order chi connectivity index (χ0) is 10.3. The first-order valence-corrected chi connectivity index (χ1v) is 4.71. The zero-order valence-electron chi connectivity index (χ0n) is 9.22. The van der Waals surface area contributed by atoms with Gasteiger partial charge in [-0.2, -0.15) is 0 Å². The Labute approximate surface area is 92.7 Å². The zero-order valence-corrected chi connectivity index (χ0v) is 10.0. The number of carbonyl (C=O) groups excluding carboxylic acids is 1. The Hall–Kier alpha value is -0.540. The summed E-state index contributed by atoms with van der Waals surface area (Å²) in [6.45, 7) is 11.1. The molecule has 1 amide bonds. The van der Waals surface area contributed by atoms with Crippen molar-refractivity contribution in [3.05, 3.63) is 12.2 Å². The first kappa shape index (κ1) is 15.9. The molecule has 2 N–H and O–H groups in total. The lowest BCUT2D eigenvalue weighted by Crippen LogP contribution is -2.29. The van der Waals surface area contributed by atoms with E-state index in [9.17, 15) is 4.79 Å². The molecule has 0 aliphatic heterocycles. The maximum absolute atomic E-state index is 11.0. The molecular weight excluding hydrogens is 200 g/mol. The fourth-order valence-electron chi connectivity index (χ4n) is 0.832. The van der Waals surface area contributed by atoms with Gasteiger partial charge in [-0.3, -0.25) is 4.79 Å². The summed E-state index contributed by atoms with van der Waals surface area (Å²) in [5.74, 6) is -0.0513. The van der Waals surface area contributed by atoms with E-state index in [1.807, 2.05) is 0 Å². The van der Waals surface area contributed by atoms with Crippen molar-refractivity contribution in [1.82, 2.24) is 10.6 Å². The first-order valence-electron chi connectivity index (χ1n) is 4.71. The van der Waals surface area contributed by atoms with E-state index in [-0.39, 0.29) is 18.3 Å². The second-order valence-corrected chi connectivity index (χ2v) is 3.50. The number of amides is 1. The summed E-state index contributed by atoms with van der Waals surface area (Å²) < 4.78 is 0. The Morgan fingerprint density at radius 1 is 1.36 bits per heavy atom. The highest BCUT2D eigenvalue weighted by Gasteiger charge is 1.99. The molecule has 0 saturated carbocycles. The molecule has 0 atom stereocenters. The molecule has 0 aliphatic rings. The summed E-state index contributed by atoms with van der Waals surface area (Å²) in [6, 6.07) is 0.511. The van der Waals surface area contributed by atoms with Crippen molar-refractivity contribution in [3.8, 4) is 0 Å². The summed E-state index contributed by atoms with van der Waals surface area (Å²) in [7, 11) is 0. The molecule has 0 rings (SSSR count). The third-order valence-electron chi connectivity index (χ3n) is 1.58. The van der Waals surface area contributed by atoms with Crippen LogP contribution in [-0.4, -0.2) is 25.0 Å². The SMILES string of the molecule is C=C(C)C(=O)NCCCNC(C)C.Cl. The van der Waals surface area contributed by atoms with Crippen molar-refractivity contribution in [2.75, 3.05) is 13.1 Å². The minimum absolute atomic E-state index is 0. The monoisotopic (exact) mass is 220 g/mol. The van der Waals surface area contributed by atoms with Gasteiger partial charge in [0.05, 0.1) is 0 Å². The molecule has 0 aliphatic carbocycles. The molecule has 0 bridgehead atoms. The van der Waals surface area contributed by atoms with Gasteiger partial charge in [-0.25, -0.2) is 0 Å². The average Bonchev–Trinajstić information content (AvgIpc) is 2.02. The molecule has 3 nitrogen and oxygen atoms in total. The Kier molecular flexibility index (Phi) is 10.3. The highest BCUT2D eigenvalue weighted by Crippen LogP contribution is 1.85. The number of hydrogen-bond donors (Lipinski definition) is 2. The molecule has 0 radical (unpaired) electrons. The lowest BCUT2D eigenvalue weighted by atomic mass is 10.3. The van der Waals surface area contributed by atoms with Gasteiger partial charge in [0.1, 0.15) is 0 Å². The van der Waals surface area contributed by atoms with Gasteiger partial charge in [0.25, 0.3) is 0 Å². The van der Waals surface area contributed by atoms with E-state index in [0.717, 1.165) is 13.0 Å². The molecule has 0 unspecified atom stereocenters. The summed E-state index contributed by atoms with van der Waals surface area (Å²) in [6.07, 6.45) is 0.956. The largest absolute Gasteiger partial charge is 0.352 e. The fraction of sp³-hybridized carbons (Fsp3) is 0.700. The first-order chi connectivity index (χ1) is 6.04. The van der Waals surface area contributed by atoms with E-state index in [1.54, 1.807) is 6.92 Å². The van der Waals surface area contributed by atoms with Crippen LogP contribution in [0.2, 0.25) is 0 Å². The molecule has 0 fully saturated rings. The molecule has 0 saturated heterocycles.